The van der Waals surface area contributed by atoms with E-state index >= 15 is 0 Å². The molecule has 0 spiro atoms. The van der Waals surface area contributed by atoms with Gasteiger partial charge >= 0.3 is 0 Å². The summed E-state index contributed by atoms with van der Waals surface area (Å²) in [6.07, 6.45) is 7.94. The van der Waals surface area contributed by atoms with E-state index in [1.807, 2.05) is 12.1 Å². The maximum absolute atomic E-state index is 5.82. The Morgan fingerprint density at radius 1 is 1.38 bits per heavy atom. The SMILES string of the molecule is NCC1(CCNCCc2ccco2)CCC1. The molecule has 1 aliphatic carbocycles. The summed E-state index contributed by atoms with van der Waals surface area (Å²) in [7, 11) is 0. The summed E-state index contributed by atoms with van der Waals surface area (Å²) in [6.45, 7) is 2.93. The summed E-state index contributed by atoms with van der Waals surface area (Å²) >= 11 is 0. The molecule has 0 aliphatic heterocycles. The summed E-state index contributed by atoms with van der Waals surface area (Å²) in [6, 6.07) is 3.96. The molecule has 16 heavy (non-hydrogen) atoms. The van der Waals surface area contributed by atoms with Gasteiger partial charge in [-0.25, -0.2) is 0 Å². The summed E-state index contributed by atoms with van der Waals surface area (Å²) < 4.78 is 5.27. The van der Waals surface area contributed by atoms with E-state index in [0.717, 1.165) is 31.8 Å². The average molecular weight is 222 g/mol. The van der Waals surface area contributed by atoms with Crippen molar-refractivity contribution in [1.82, 2.24) is 5.32 Å². The molecule has 0 bridgehead atoms. The molecule has 0 saturated heterocycles. The Labute approximate surface area is 97.4 Å². The van der Waals surface area contributed by atoms with Gasteiger partial charge in [-0.3, -0.25) is 0 Å². The third kappa shape index (κ3) is 2.86. The largest absolute Gasteiger partial charge is 0.469 e. The van der Waals surface area contributed by atoms with Crippen molar-refractivity contribution in [1.29, 1.82) is 0 Å². The molecule has 1 aromatic rings. The third-order valence-electron chi connectivity index (χ3n) is 3.81. The minimum Gasteiger partial charge on any atom is -0.469 e. The predicted molar refractivity (Wildman–Crippen MR) is 65.2 cm³/mol. The molecule has 1 aliphatic rings. The lowest BCUT2D eigenvalue weighted by molar-refractivity contribution is 0.130. The zero-order valence-electron chi connectivity index (χ0n) is 9.87. The fraction of sp³-hybridized carbons (Fsp3) is 0.692. The topological polar surface area (TPSA) is 51.2 Å². The summed E-state index contributed by atoms with van der Waals surface area (Å²) in [5.41, 5.74) is 6.29. The Bertz CT molecular complexity index is 285. The molecule has 1 heterocycles. The van der Waals surface area contributed by atoms with E-state index in [0.29, 0.717) is 5.41 Å². The van der Waals surface area contributed by atoms with Crippen LogP contribution in [0.1, 0.15) is 31.4 Å². The first-order valence-electron chi connectivity index (χ1n) is 6.28. The molecule has 1 aromatic heterocycles. The van der Waals surface area contributed by atoms with E-state index in [2.05, 4.69) is 5.32 Å². The highest BCUT2D eigenvalue weighted by atomic mass is 16.3. The molecule has 0 atom stereocenters. The van der Waals surface area contributed by atoms with Crippen LogP contribution in [-0.4, -0.2) is 19.6 Å². The molecule has 1 fully saturated rings. The lowest BCUT2D eigenvalue weighted by atomic mass is 9.67. The lowest BCUT2D eigenvalue weighted by Crippen LogP contribution is -2.39. The summed E-state index contributed by atoms with van der Waals surface area (Å²) in [5.74, 6) is 1.06. The van der Waals surface area contributed by atoms with Crippen molar-refractivity contribution in [2.24, 2.45) is 11.1 Å². The maximum atomic E-state index is 5.82. The highest BCUT2D eigenvalue weighted by Crippen LogP contribution is 2.42. The van der Waals surface area contributed by atoms with Crippen LogP contribution in [0.2, 0.25) is 0 Å². The van der Waals surface area contributed by atoms with Crippen LogP contribution in [0.5, 0.6) is 0 Å². The first-order chi connectivity index (χ1) is 7.85. The van der Waals surface area contributed by atoms with E-state index in [9.17, 15) is 0 Å². The Kier molecular flexibility index (Phi) is 4.02. The number of rotatable bonds is 7. The van der Waals surface area contributed by atoms with Crippen molar-refractivity contribution in [3.63, 3.8) is 0 Å². The van der Waals surface area contributed by atoms with E-state index in [1.54, 1.807) is 6.26 Å². The monoisotopic (exact) mass is 222 g/mol. The zero-order valence-corrected chi connectivity index (χ0v) is 9.87. The fourth-order valence-electron chi connectivity index (χ4n) is 2.38. The second kappa shape index (κ2) is 5.51. The van der Waals surface area contributed by atoms with Crippen LogP contribution in [0.25, 0.3) is 0 Å². The molecular formula is C13H22N2O. The van der Waals surface area contributed by atoms with Crippen molar-refractivity contribution < 1.29 is 4.42 Å². The molecule has 2 rings (SSSR count). The number of nitrogens with two attached hydrogens (primary N) is 1. The van der Waals surface area contributed by atoms with E-state index in [-0.39, 0.29) is 0 Å². The van der Waals surface area contributed by atoms with Crippen molar-refractivity contribution >= 4 is 0 Å². The molecule has 0 amide bonds. The molecule has 0 radical (unpaired) electrons. The minimum atomic E-state index is 0.470. The number of nitrogens with one attached hydrogen (secondary N) is 1. The number of furan rings is 1. The van der Waals surface area contributed by atoms with E-state index < -0.39 is 0 Å². The second-order valence-electron chi connectivity index (χ2n) is 4.89. The van der Waals surface area contributed by atoms with Crippen molar-refractivity contribution in [2.45, 2.75) is 32.1 Å². The molecule has 1 saturated carbocycles. The number of hydrogen-bond donors (Lipinski definition) is 2. The van der Waals surface area contributed by atoms with Crippen LogP contribution in [-0.2, 0) is 6.42 Å². The Balaban J connectivity index is 1.55. The van der Waals surface area contributed by atoms with Gasteiger partial charge in [0, 0.05) is 13.0 Å². The van der Waals surface area contributed by atoms with Crippen molar-refractivity contribution in [2.75, 3.05) is 19.6 Å². The molecule has 3 heteroatoms. The Morgan fingerprint density at radius 3 is 2.81 bits per heavy atom. The van der Waals surface area contributed by atoms with E-state index in [4.69, 9.17) is 10.2 Å². The average Bonchev–Trinajstić information content (AvgIpc) is 2.74. The van der Waals surface area contributed by atoms with Gasteiger partial charge in [0.1, 0.15) is 5.76 Å². The predicted octanol–water partition coefficient (Wildman–Crippen LogP) is 1.93. The molecule has 0 unspecified atom stereocenters. The quantitative estimate of drug-likeness (QED) is 0.693. The second-order valence-corrected chi connectivity index (χ2v) is 4.89. The van der Waals surface area contributed by atoms with Crippen LogP contribution in [0.15, 0.2) is 22.8 Å². The van der Waals surface area contributed by atoms with E-state index in [1.165, 1.54) is 25.7 Å². The van der Waals surface area contributed by atoms with Crippen molar-refractivity contribution in [3.8, 4) is 0 Å². The van der Waals surface area contributed by atoms with Gasteiger partial charge in [-0.1, -0.05) is 6.42 Å². The summed E-state index contributed by atoms with van der Waals surface area (Å²) in [4.78, 5) is 0. The molecule has 3 nitrogen and oxygen atoms in total. The van der Waals surface area contributed by atoms with Gasteiger partial charge in [0.15, 0.2) is 0 Å². The molecule has 0 aromatic carbocycles. The zero-order chi connectivity index (χ0) is 11.3. The van der Waals surface area contributed by atoms with Gasteiger partial charge in [0.25, 0.3) is 0 Å². The van der Waals surface area contributed by atoms with Crippen LogP contribution >= 0.6 is 0 Å². The number of hydrogen-bond acceptors (Lipinski definition) is 3. The van der Waals surface area contributed by atoms with Gasteiger partial charge in [0.2, 0.25) is 0 Å². The standard InChI is InChI=1S/C13H22N2O/c14-11-13(5-2-6-13)7-9-15-8-4-12-3-1-10-16-12/h1,3,10,15H,2,4-9,11,14H2. The lowest BCUT2D eigenvalue weighted by Gasteiger charge is -2.41. The van der Waals surface area contributed by atoms with Gasteiger partial charge in [-0.15, -0.1) is 0 Å². The highest BCUT2D eigenvalue weighted by Gasteiger charge is 2.34. The third-order valence-corrected chi connectivity index (χ3v) is 3.81. The van der Waals surface area contributed by atoms with Gasteiger partial charge in [0.05, 0.1) is 6.26 Å². The van der Waals surface area contributed by atoms with Gasteiger partial charge in [-0.2, -0.15) is 0 Å². The Hall–Kier alpha value is -0.800. The van der Waals surface area contributed by atoms with Crippen LogP contribution in [0, 0.1) is 5.41 Å². The van der Waals surface area contributed by atoms with Gasteiger partial charge < -0.3 is 15.5 Å². The fourth-order valence-corrected chi connectivity index (χ4v) is 2.38. The molecular weight excluding hydrogens is 200 g/mol. The highest BCUT2D eigenvalue weighted by molar-refractivity contribution is 4.98. The molecule has 90 valence electrons. The maximum Gasteiger partial charge on any atom is 0.105 e. The smallest absolute Gasteiger partial charge is 0.105 e. The van der Waals surface area contributed by atoms with Crippen LogP contribution in [0.4, 0.5) is 0 Å². The van der Waals surface area contributed by atoms with Crippen LogP contribution < -0.4 is 11.1 Å². The first-order valence-corrected chi connectivity index (χ1v) is 6.28. The first kappa shape index (κ1) is 11.7. The van der Waals surface area contributed by atoms with Crippen LogP contribution in [0.3, 0.4) is 0 Å². The Morgan fingerprint density at radius 2 is 2.25 bits per heavy atom. The minimum absolute atomic E-state index is 0.470. The van der Waals surface area contributed by atoms with Gasteiger partial charge in [-0.05, 0) is 49.9 Å². The van der Waals surface area contributed by atoms with Crippen molar-refractivity contribution in [3.05, 3.63) is 24.2 Å². The molecule has 3 N–H and O–H groups in total. The summed E-state index contributed by atoms with van der Waals surface area (Å²) in [5, 5.41) is 3.47. The normalized spacial score (nSPS) is 18.3.